The summed E-state index contributed by atoms with van der Waals surface area (Å²) in [7, 11) is 0. The molecule has 5 nitrogen and oxygen atoms in total. The van der Waals surface area contributed by atoms with Gasteiger partial charge in [-0.1, -0.05) is 13.8 Å². The molecule has 1 heterocycles. The van der Waals surface area contributed by atoms with Gasteiger partial charge in [-0.2, -0.15) is 11.8 Å². The zero-order valence-corrected chi connectivity index (χ0v) is 11.3. The minimum absolute atomic E-state index is 0.122. The van der Waals surface area contributed by atoms with Crippen LogP contribution in [-0.2, 0) is 6.54 Å². The zero-order chi connectivity index (χ0) is 12.2. The summed E-state index contributed by atoms with van der Waals surface area (Å²) < 4.78 is 2.05. The van der Waals surface area contributed by atoms with Gasteiger partial charge in [0.2, 0.25) is 0 Å². The molecule has 0 amide bonds. The van der Waals surface area contributed by atoms with Crippen LogP contribution in [0.1, 0.15) is 45.5 Å². The van der Waals surface area contributed by atoms with Crippen LogP contribution < -0.4 is 5.73 Å². The highest BCUT2D eigenvalue weighted by molar-refractivity contribution is 8.00. The summed E-state index contributed by atoms with van der Waals surface area (Å²) in [5, 5.41) is 11.7. The fourth-order valence-corrected chi connectivity index (χ4v) is 2.58. The first-order valence-electron chi connectivity index (χ1n) is 5.65. The van der Waals surface area contributed by atoms with E-state index >= 15 is 0 Å². The number of nitrogens with zero attached hydrogens (tertiary/aromatic N) is 4. The number of hydrogen-bond acceptors (Lipinski definition) is 5. The minimum Gasteiger partial charge on any atom is -0.322 e. The van der Waals surface area contributed by atoms with Crippen molar-refractivity contribution in [3.05, 3.63) is 5.82 Å². The van der Waals surface area contributed by atoms with Gasteiger partial charge in [0.1, 0.15) is 0 Å². The Labute approximate surface area is 101 Å². The van der Waals surface area contributed by atoms with Gasteiger partial charge in [0.25, 0.3) is 0 Å². The van der Waals surface area contributed by atoms with E-state index in [1.54, 1.807) is 0 Å². The summed E-state index contributed by atoms with van der Waals surface area (Å²) in [5.41, 5.74) is 5.83. The average Bonchev–Trinajstić information content (AvgIpc) is 2.74. The van der Waals surface area contributed by atoms with E-state index in [1.165, 1.54) is 0 Å². The first-order valence-corrected chi connectivity index (χ1v) is 6.87. The highest BCUT2D eigenvalue weighted by atomic mass is 32.2. The van der Waals surface area contributed by atoms with Gasteiger partial charge in [-0.15, -0.1) is 5.10 Å². The Bertz CT molecular complexity index is 310. The van der Waals surface area contributed by atoms with Crippen molar-refractivity contribution in [1.29, 1.82) is 0 Å². The van der Waals surface area contributed by atoms with E-state index in [0.717, 1.165) is 25.2 Å². The molecular weight excluding hydrogens is 222 g/mol. The molecular formula is C10H21N5S. The second-order valence-corrected chi connectivity index (χ2v) is 5.35. The molecule has 16 heavy (non-hydrogen) atoms. The highest BCUT2D eigenvalue weighted by Gasteiger charge is 2.27. The van der Waals surface area contributed by atoms with Crippen LogP contribution in [0.3, 0.4) is 0 Å². The first-order chi connectivity index (χ1) is 7.58. The van der Waals surface area contributed by atoms with E-state index in [0.29, 0.717) is 0 Å². The Morgan fingerprint density at radius 1 is 1.44 bits per heavy atom. The van der Waals surface area contributed by atoms with Crippen LogP contribution in [0.15, 0.2) is 0 Å². The molecule has 92 valence electrons. The molecule has 0 aromatic carbocycles. The molecule has 0 saturated carbocycles. The summed E-state index contributed by atoms with van der Waals surface area (Å²) in [5.74, 6) is 0.764. The van der Waals surface area contributed by atoms with E-state index in [9.17, 15) is 0 Å². The van der Waals surface area contributed by atoms with Crippen molar-refractivity contribution < 1.29 is 0 Å². The molecule has 1 rings (SSSR count). The zero-order valence-electron chi connectivity index (χ0n) is 10.5. The Morgan fingerprint density at radius 2 is 2.06 bits per heavy atom. The Kier molecular flexibility index (Phi) is 4.73. The van der Waals surface area contributed by atoms with E-state index in [1.807, 2.05) is 23.4 Å². The van der Waals surface area contributed by atoms with Crippen LogP contribution in [0.5, 0.6) is 0 Å². The van der Waals surface area contributed by atoms with E-state index < -0.39 is 0 Å². The van der Waals surface area contributed by atoms with Crippen LogP contribution in [0.4, 0.5) is 0 Å². The summed E-state index contributed by atoms with van der Waals surface area (Å²) >= 11 is 1.88. The lowest BCUT2D eigenvalue weighted by atomic mass is 10.0. The fourth-order valence-electron chi connectivity index (χ4n) is 1.75. The maximum atomic E-state index is 5.83. The van der Waals surface area contributed by atoms with Crippen LogP contribution in [-0.4, -0.2) is 31.2 Å². The van der Waals surface area contributed by atoms with Crippen molar-refractivity contribution in [1.82, 2.24) is 20.2 Å². The van der Waals surface area contributed by atoms with Crippen molar-refractivity contribution >= 4 is 11.8 Å². The third kappa shape index (κ3) is 2.74. The average molecular weight is 243 g/mol. The van der Waals surface area contributed by atoms with Crippen molar-refractivity contribution in [3.8, 4) is 0 Å². The van der Waals surface area contributed by atoms with E-state index in [-0.39, 0.29) is 10.8 Å². The standard InChI is InChI=1S/C10H21N5S/c1-5-10(6-2,16-4)7-15-9(8(3)11)12-13-14-15/h8H,5-7,11H2,1-4H3. The normalized spacial score (nSPS) is 14.1. The minimum atomic E-state index is -0.122. The summed E-state index contributed by atoms with van der Waals surface area (Å²) in [6.07, 6.45) is 4.34. The Morgan fingerprint density at radius 3 is 2.50 bits per heavy atom. The molecule has 0 aliphatic carbocycles. The third-order valence-corrected chi connectivity index (χ3v) is 4.70. The first kappa shape index (κ1) is 13.4. The number of hydrogen-bond donors (Lipinski definition) is 1. The monoisotopic (exact) mass is 243 g/mol. The predicted octanol–water partition coefficient (Wildman–Crippen LogP) is 1.61. The molecule has 0 saturated heterocycles. The number of thioether (sulfide) groups is 1. The smallest absolute Gasteiger partial charge is 0.167 e. The molecule has 6 heteroatoms. The van der Waals surface area contributed by atoms with Crippen molar-refractivity contribution in [2.45, 2.75) is 50.9 Å². The second-order valence-electron chi connectivity index (χ2n) is 4.08. The second kappa shape index (κ2) is 5.63. The number of rotatable bonds is 6. The molecule has 0 bridgehead atoms. The molecule has 0 aliphatic heterocycles. The fraction of sp³-hybridized carbons (Fsp3) is 0.900. The molecule has 2 N–H and O–H groups in total. The summed E-state index contributed by atoms with van der Waals surface area (Å²) in [6.45, 7) is 7.14. The molecule has 0 fully saturated rings. The maximum absolute atomic E-state index is 5.83. The number of nitrogens with two attached hydrogens (primary N) is 1. The molecule has 1 unspecified atom stereocenters. The SMILES string of the molecule is CCC(CC)(Cn1nnnc1C(C)N)SC. The van der Waals surface area contributed by atoms with Gasteiger partial charge in [0.05, 0.1) is 12.6 Å². The largest absolute Gasteiger partial charge is 0.322 e. The van der Waals surface area contributed by atoms with Crippen molar-refractivity contribution in [2.75, 3.05) is 6.26 Å². The van der Waals surface area contributed by atoms with Gasteiger partial charge in [0, 0.05) is 4.75 Å². The van der Waals surface area contributed by atoms with Gasteiger partial charge in [-0.3, -0.25) is 0 Å². The van der Waals surface area contributed by atoms with Crippen molar-refractivity contribution in [3.63, 3.8) is 0 Å². The van der Waals surface area contributed by atoms with E-state index in [4.69, 9.17) is 5.73 Å². The van der Waals surface area contributed by atoms with Gasteiger partial charge in [-0.25, -0.2) is 4.68 Å². The molecule has 0 spiro atoms. The molecule has 1 aromatic heterocycles. The third-order valence-electron chi connectivity index (χ3n) is 3.13. The summed E-state index contributed by atoms with van der Waals surface area (Å²) in [6, 6.07) is -0.122. The maximum Gasteiger partial charge on any atom is 0.167 e. The Hall–Kier alpha value is -0.620. The topological polar surface area (TPSA) is 69.6 Å². The Balaban J connectivity index is 2.89. The number of tetrazole rings is 1. The van der Waals surface area contributed by atoms with Gasteiger partial charge in [-0.05, 0) is 36.4 Å². The number of aromatic nitrogens is 4. The lowest BCUT2D eigenvalue weighted by molar-refractivity contribution is 0.416. The van der Waals surface area contributed by atoms with Crippen LogP contribution >= 0.6 is 11.8 Å². The molecule has 1 aromatic rings. The van der Waals surface area contributed by atoms with Crippen LogP contribution in [0.25, 0.3) is 0 Å². The quantitative estimate of drug-likeness (QED) is 0.822. The lowest BCUT2D eigenvalue weighted by Crippen LogP contribution is -2.31. The molecule has 1 atom stereocenters. The summed E-state index contributed by atoms with van der Waals surface area (Å²) in [4.78, 5) is 0. The predicted molar refractivity (Wildman–Crippen MR) is 67.2 cm³/mol. The van der Waals surface area contributed by atoms with Crippen molar-refractivity contribution in [2.24, 2.45) is 5.73 Å². The molecule has 0 aliphatic rings. The van der Waals surface area contributed by atoms with Gasteiger partial charge in [0.15, 0.2) is 5.82 Å². The highest BCUT2D eigenvalue weighted by Crippen LogP contribution is 2.32. The van der Waals surface area contributed by atoms with Crippen LogP contribution in [0, 0.1) is 0 Å². The van der Waals surface area contributed by atoms with Crippen LogP contribution in [0.2, 0.25) is 0 Å². The van der Waals surface area contributed by atoms with Gasteiger partial charge < -0.3 is 5.73 Å². The lowest BCUT2D eigenvalue weighted by Gasteiger charge is -2.29. The molecule has 0 radical (unpaired) electrons. The van der Waals surface area contributed by atoms with E-state index in [2.05, 4.69) is 35.6 Å². The van der Waals surface area contributed by atoms with Gasteiger partial charge >= 0.3 is 0 Å².